The molecule has 1 aromatic carbocycles. The van der Waals surface area contributed by atoms with Gasteiger partial charge in [-0.25, -0.2) is 4.39 Å². The highest BCUT2D eigenvalue weighted by Crippen LogP contribution is 2.11. The molecule has 1 aromatic heterocycles. The van der Waals surface area contributed by atoms with Gasteiger partial charge in [-0.15, -0.1) is 24.8 Å². The first-order chi connectivity index (χ1) is 10.3. The fourth-order valence-electron chi connectivity index (χ4n) is 2.70. The topological polar surface area (TPSA) is 19.4 Å². The zero-order chi connectivity index (χ0) is 14.5. The molecule has 0 aliphatic carbocycles. The molecule has 2 heterocycles. The second kappa shape index (κ2) is 9.83. The molecule has 0 amide bonds. The van der Waals surface area contributed by atoms with Crippen molar-refractivity contribution < 1.29 is 4.39 Å². The van der Waals surface area contributed by atoms with Crippen LogP contribution in [0.3, 0.4) is 0 Å². The van der Waals surface area contributed by atoms with Crippen LogP contribution in [0.2, 0.25) is 0 Å². The highest BCUT2D eigenvalue weighted by atomic mass is 35.5. The summed E-state index contributed by atoms with van der Waals surface area (Å²) < 4.78 is 12.9. The van der Waals surface area contributed by atoms with Crippen molar-refractivity contribution in [2.45, 2.75) is 13.1 Å². The number of hydrogen-bond donors (Lipinski definition) is 0. The van der Waals surface area contributed by atoms with Crippen LogP contribution in [0.1, 0.15) is 11.1 Å². The van der Waals surface area contributed by atoms with E-state index in [1.165, 1.54) is 23.3 Å². The Morgan fingerprint density at radius 1 is 0.826 bits per heavy atom. The minimum Gasteiger partial charge on any atom is -0.297 e. The van der Waals surface area contributed by atoms with Gasteiger partial charge in [0.1, 0.15) is 5.82 Å². The van der Waals surface area contributed by atoms with E-state index >= 15 is 0 Å². The quantitative estimate of drug-likeness (QED) is 0.835. The molecule has 3 rings (SSSR count). The second-order valence-corrected chi connectivity index (χ2v) is 5.54. The van der Waals surface area contributed by atoms with E-state index in [1.54, 1.807) is 0 Å². The summed E-state index contributed by atoms with van der Waals surface area (Å²) >= 11 is 0. The van der Waals surface area contributed by atoms with Gasteiger partial charge < -0.3 is 0 Å². The monoisotopic (exact) mass is 357 g/mol. The SMILES string of the molecule is Cl.Cl.Fc1ccc(CN2CCN(Cc3cccnc3)CC2)cc1. The molecular formula is C17H22Cl2FN3. The van der Waals surface area contributed by atoms with E-state index in [4.69, 9.17) is 0 Å². The van der Waals surface area contributed by atoms with Crippen LogP contribution in [-0.2, 0) is 13.1 Å². The molecule has 126 valence electrons. The van der Waals surface area contributed by atoms with Crippen LogP contribution in [-0.4, -0.2) is 41.0 Å². The largest absolute Gasteiger partial charge is 0.297 e. The summed E-state index contributed by atoms with van der Waals surface area (Å²) in [5.41, 5.74) is 2.45. The Bertz CT molecular complexity index is 558. The second-order valence-electron chi connectivity index (χ2n) is 5.54. The van der Waals surface area contributed by atoms with Gasteiger partial charge in [-0.2, -0.15) is 0 Å². The van der Waals surface area contributed by atoms with Crippen LogP contribution in [0, 0.1) is 5.82 Å². The molecule has 1 fully saturated rings. The van der Waals surface area contributed by atoms with Gasteiger partial charge in [0, 0.05) is 51.7 Å². The number of rotatable bonds is 4. The Morgan fingerprint density at radius 3 is 1.91 bits per heavy atom. The summed E-state index contributed by atoms with van der Waals surface area (Å²) in [6, 6.07) is 10.9. The van der Waals surface area contributed by atoms with E-state index in [0.717, 1.165) is 39.3 Å². The van der Waals surface area contributed by atoms with E-state index in [1.807, 2.05) is 30.6 Å². The van der Waals surface area contributed by atoms with E-state index in [0.29, 0.717) is 0 Å². The van der Waals surface area contributed by atoms with Crippen molar-refractivity contribution in [1.82, 2.24) is 14.8 Å². The van der Waals surface area contributed by atoms with Gasteiger partial charge in [0.25, 0.3) is 0 Å². The lowest BCUT2D eigenvalue weighted by molar-refractivity contribution is 0.122. The first-order valence-corrected chi connectivity index (χ1v) is 7.38. The van der Waals surface area contributed by atoms with Gasteiger partial charge in [0.2, 0.25) is 0 Å². The summed E-state index contributed by atoms with van der Waals surface area (Å²) in [6.45, 7) is 6.11. The van der Waals surface area contributed by atoms with Crippen molar-refractivity contribution >= 4 is 24.8 Å². The van der Waals surface area contributed by atoms with E-state index in [-0.39, 0.29) is 30.6 Å². The molecule has 1 aliphatic heterocycles. The van der Waals surface area contributed by atoms with Crippen LogP contribution < -0.4 is 0 Å². The van der Waals surface area contributed by atoms with Crippen LogP contribution >= 0.6 is 24.8 Å². The number of piperazine rings is 1. The fraction of sp³-hybridized carbons (Fsp3) is 0.353. The predicted octanol–water partition coefficient (Wildman–Crippen LogP) is 3.38. The fourth-order valence-corrected chi connectivity index (χ4v) is 2.70. The molecule has 0 N–H and O–H groups in total. The number of benzene rings is 1. The maximum absolute atomic E-state index is 12.9. The Kier molecular flexibility index (Phi) is 8.48. The highest BCUT2D eigenvalue weighted by molar-refractivity contribution is 5.85. The third kappa shape index (κ3) is 6.07. The maximum atomic E-state index is 12.9. The van der Waals surface area contributed by atoms with Gasteiger partial charge in [-0.3, -0.25) is 14.8 Å². The summed E-state index contributed by atoms with van der Waals surface area (Å²) in [5, 5.41) is 0. The molecule has 1 saturated heterocycles. The maximum Gasteiger partial charge on any atom is 0.123 e. The number of nitrogens with zero attached hydrogens (tertiary/aromatic N) is 3. The van der Waals surface area contributed by atoms with Gasteiger partial charge in [-0.1, -0.05) is 18.2 Å². The average molecular weight is 358 g/mol. The van der Waals surface area contributed by atoms with Crippen LogP contribution in [0.25, 0.3) is 0 Å². The third-order valence-electron chi connectivity index (χ3n) is 3.91. The summed E-state index contributed by atoms with van der Waals surface area (Å²) in [5.74, 6) is -0.167. The Labute approximate surface area is 149 Å². The summed E-state index contributed by atoms with van der Waals surface area (Å²) in [7, 11) is 0. The van der Waals surface area contributed by atoms with Crippen molar-refractivity contribution in [3.05, 3.63) is 65.7 Å². The van der Waals surface area contributed by atoms with Crippen molar-refractivity contribution in [1.29, 1.82) is 0 Å². The molecular weight excluding hydrogens is 336 g/mol. The van der Waals surface area contributed by atoms with Gasteiger partial charge in [-0.05, 0) is 29.3 Å². The van der Waals surface area contributed by atoms with Crippen molar-refractivity contribution in [2.75, 3.05) is 26.2 Å². The molecule has 0 atom stereocenters. The summed E-state index contributed by atoms with van der Waals surface area (Å²) in [6.07, 6.45) is 3.75. The number of hydrogen-bond acceptors (Lipinski definition) is 3. The van der Waals surface area contributed by atoms with Gasteiger partial charge in [0.15, 0.2) is 0 Å². The predicted molar refractivity (Wildman–Crippen MR) is 95.7 cm³/mol. The molecule has 2 aromatic rings. The smallest absolute Gasteiger partial charge is 0.123 e. The van der Waals surface area contributed by atoms with Gasteiger partial charge >= 0.3 is 0 Å². The molecule has 0 spiro atoms. The van der Waals surface area contributed by atoms with E-state index < -0.39 is 0 Å². The molecule has 6 heteroatoms. The van der Waals surface area contributed by atoms with Crippen molar-refractivity contribution in [3.8, 4) is 0 Å². The van der Waals surface area contributed by atoms with Crippen LogP contribution in [0.15, 0.2) is 48.8 Å². The highest BCUT2D eigenvalue weighted by Gasteiger charge is 2.17. The molecule has 23 heavy (non-hydrogen) atoms. The van der Waals surface area contributed by atoms with Crippen molar-refractivity contribution in [2.24, 2.45) is 0 Å². The van der Waals surface area contributed by atoms with Crippen LogP contribution in [0.5, 0.6) is 0 Å². The lowest BCUT2D eigenvalue weighted by atomic mass is 10.2. The molecule has 1 aliphatic rings. The summed E-state index contributed by atoms with van der Waals surface area (Å²) in [4.78, 5) is 9.04. The molecule has 0 saturated carbocycles. The first kappa shape index (κ1) is 19.8. The first-order valence-electron chi connectivity index (χ1n) is 7.38. The lowest BCUT2D eigenvalue weighted by Gasteiger charge is -2.34. The molecule has 0 radical (unpaired) electrons. The minimum absolute atomic E-state index is 0. The van der Waals surface area contributed by atoms with Crippen molar-refractivity contribution in [3.63, 3.8) is 0 Å². The Balaban J connectivity index is 0.00000132. The lowest BCUT2D eigenvalue weighted by Crippen LogP contribution is -2.45. The van der Waals surface area contributed by atoms with Crippen LogP contribution in [0.4, 0.5) is 4.39 Å². The standard InChI is InChI=1S/C17H20FN3.2ClH/c18-17-5-3-15(4-6-17)13-20-8-10-21(11-9-20)14-16-2-1-7-19-12-16;;/h1-7,12H,8-11,13-14H2;2*1H. The minimum atomic E-state index is -0.167. The molecule has 3 nitrogen and oxygen atoms in total. The molecule has 0 bridgehead atoms. The van der Waals surface area contributed by atoms with Gasteiger partial charge in [0.05, 0.1) is 0 Å². The van der Waals surface area contributed by atoms with E-state index in [9.17, 15) is 4.39 Å². The molecule has 0 unspecified atom stereocenters. The number of aromatic nitrogens is 1. The zero-order valence-corrected chi connectivity index (χ0v) is 14.5. The Morgan fingerprint density at radius 2 is 1.39 bits per heavy atom. The van der Waals surface area contributed by atoms with E-state index in [2.05, 4.69) is 20.9 Å². The normalized spacial score (nSPS) is 15.5. The number of halogens is 3. The average Bonchev–Trinajstić information content (AvgIpc) is 2.53. The Hall–Kier alpha value is -1.20. The zero-order valence-electron chi connectivity index (χ0n) is 12.9. The third-order valence-corrected chi connectivity index (χ3v) is 3.91. The number of pyridine rings is 1.